The number of carbonyl (C=O) groups is 2. The van der Waals surface area contributed by atoms with Crippen molar-refractivity contribution >= 4 is 23.2 Å². The molecule has 5 heteroatoms. The second-order valence-electron chi connectivity index (χ2n) is 6.93. The Balaban J connectivity index is 1.88. The van der Waals surface area contributed by atoms with Crippen molar-refractivity contribution in [1.29, 1.82) is 0 Å². The van der Waals surface area contributed by atoms with E-state index in [-0.39, 0.29) is 23.9 Å². The molecule has 0 aliphatic carbocycles. The van der Waals surface area contributed by atoms with E-state index in [1.807, 2.05) is 36.1 Å². The van der Waals surface area contributed by atoms with Crippen LogP contribution in [0.3, 0.4) is 0 Å². The molecule has 1 aromatic carbocycles. The highest BCUT2D eigenvalue weighted by Crippen LogP contribution is 2.26. The number of benzene rings is 1. The average molecular weight is 327 g/mol. The first-order chi connectivity index (χ1) is 11.5. The number of rotatable bonds is 2. The van der Waals surface area contributed by atoms with Crippen molar-refractivity contribution in [3.63, 3.8) is 0 Å². The van der Waals surface area contributed by atoms with Gasteiger partial charge >= 0.3 is 0 Å². The average Bonchev–Trinajstić information content (AvgIpc) is 2.55. The van der Waals surface area contributed by atoms with Gasteiger partial charge in [0.05, 0.1) is 5.69 Å². The Morgan fingerprint density at radius 1 is 1.17 bits per heavy atom. The van der Waals surface area contributed by atoms with Gasteiger partial charge in [0.15, 0.2) is 0 Å². The lowest BCUT2D eigenvalue weighted by molar-refractivity contribution is -0.130. The summed E-state index contributed by atoms with van der Waals surface area (Å²) in [4.78, 5) is 27.2. The van der Waals surface area contributed by atoms with Crippen LogP contribution < -0.4 is 5.01 Å². The number of nitrogens with zero attached hydrogens (tertiary/aromatic N) is 3. The SMILES string of the molecule is Cc1cccc(N2N=C(C(=O)N3[C@@H](C)CCC[C@@H]3C)CCC2=O)c1. The first kappa shape index (κ1) is 16.7. The third-order valence-corrected chi connectivity index (χ3v) is 4.95. The van der Waals surface area contributed by atoms with E-state index >= 15 is 0 Å². The summed E-state index contributed by atoms with van der Waals surface area (Å²) < 4.78 is 0. The minimum atomic E-state index is -0.0584. The van der Waals surface area contributed by atoms with Crippen LogP contribution in [0.2, 0.25) is 0 Å². The number of piperidine rings is 1. The molecule has 1 saturated heterocycles. The molecule has 0 unspecified atom stereocenters. The summed E-state index contributed by atoms with van der Waals surface area (Å²) in [6, 6.07) is 8.11. The van der Waals surface area contributed by atoms with E-state index in [0.29, 0.717) is 18.6 Å². The lowest BCUT2D eigenvalue weighted by Crippen LogP contribution is -2.51. The predicted octanol–water partition coefficient (Wildman–Crippen LogP) is 3.27. The van der Waals surface area contributed by atoms with Crippen molar-refractivity contribution in [3.8, 4) is 0 Å². The molecule has 0 aromatic heterocycles. The first-order valence-corrected chi connectivity index (χ1v) is 8.77. The molecule has 2 atom stereocenters. The van der Waals surface area contributed by atoms with Gasteiger partial charge in [-0.1, -0.05) is 12.1 Å². The molecule has 2 aliphatic rings. The molecule has 5 nitrogen and oxygen atoms in total. The molecule has 0 radical (unpaired) electrons. The summed E-state index contributed by atoms with van der Waals surface area (Å²) in [5, 5.41) is 5.82. The summed E-state index contributed by atoms with van der Waals surface area (Å²) in [5.41, 5.74) is 2.29. The van der Waals surface area contributed by atoms with Crippen LogP contribution in [0.5, 0.6) is 0 Å². The normalized spacial score (nSPS) is 24.8. The van der Waals surface area contributed by atoms with Crippen LogP contribution in [0.15, 0.2) is 29.4 Å². The number of anilines is 1. The minimum Gasteiger partial charge on any atom is -0.332 e. The molecule has 0 bridgehead atoms. The van der Waals surface area contributed by atoms with Crippen molar-refractivity contribution in [2.75, 3.05) is 5.01 Å². The fourth-order valence-corrected chi connectivity index (χ4v) is 3.64. The Morgan fingerprint density at radius 2 is 1.88 bits per heavy atom. The predicted molar refractivity (Wildman–Crippen MR) is 95.0 cm³/mol. The Bertz CT molecular complexity index is 673. The van der Waals surface area contributed by atoms with E-state index in [1.165, 1.54) is 5.01 Å². The molecule has 128 valence electrons. The quantitative estimate of drug-likeness (QED) is 0.837. The molecular weight excluding hydrogens is 302 g/mol. The third-order valence-electron chi connectivity index (χ3n) is 4.95. The number of likely N-dealkylation sites (tertiary alicyclic amines) is 1. The lowest BCUT2D eigenvalue weighted by atomic mass is 9.96. The van der Waals surface area contributed by atoms with Crippen LogP contribution in [0, 0.1) is 6.92 Å². The van der Waals surface area contributed by atoms with Gasteiger partial charge < -0.3 is 4.90 Å². The zero-order chi connectivity index (χ0) is 17.3. The molecule has 3 rings (SSSR count). The minimum absolute atomic E-state index is 0.0140. The van der Waals surface area contributed by atoms with Crippen molar-refractivity contribution < 1.29 is 9.59 Å². The zero-order valence-electron chi connectivity index (χ0n) is 14.7. The van der Waals surface area contributed by atoms with E-state index in [4.69, 9.17) is 0 Å². The highest BCUT2D eigenvalue weighted by Gasteiger charge is 2.34. The highest BCUT2D eigenvalue weighted by molar-refractivity contribution is 6.40. The number of hydrogen-bond acceptors (Lipinski definition) is 3. The van der Waals surface area contributed by atoms with Gasteiger partial charge in [-0.05, 0) is 57.7 Å². The molecule has 2 heterocycles. The van der Waals surface area contributed by atoms with E-state index < -0.39 is 0 Å². The van der Waals surface area contributed by atoms with Crippen LogP contribution in [0.1, 0.15) is 51.5 Å². The molecule has 2 amide bonds. The molecule has 1 fully saturated rings. The standard InChI is InChI=1S/C19H25N3O2/c1-13-6-4-9-16(12-13)22-18(23)11-10-17(20-22)19(24)21-14(2)7-5-8-15(21)3/h4,6,9,12,14-15H,5,7-8,10-11H2,1-3H3/t14-,15-/m0/s1. The Labute approximate surface area is 143 Å². The van der Waals surface area contributed by atoms with Gasteiger partial charge in [0, 0.05) is 24.9 Å². The third kappa shape index (κ3) is 3.21. The van der Waals surface area contributed by atoms with Gasteiger partial charge in [0.1, 0.15) is 5.71 Å². The second-order valence-corrected chi connectivity index (χ2v) is 6.93. The largest absolute Gasteiger partial charge is 0.332 e. The summed E-state index contributed by atoms with van der Waals surface area (Å²) in [6.07, 6.45) is 3.98. The molecule has 0 spiro atoms. The van der Waals surface area contributed by atoms with E-state index in [9.17, 15) is 9.59 Å². The monoisotopic (exact) mass is 327 g/mol. The van der Waals surface area contributed by atoms with Crippen LogP contribution in [-0.4, -0.2) is 34.5 Å². The maximum absolute atomic E-state index is 13.0. The summed E-state index contributed by atoms with van der Waals surface area (Å²) >= 11 is 0. The van der Waals surface area contributed by atoms with E-state index in [1.54, 1.807) is 0 Å². The van der Waals surface area contributed by atoms with E-state index in [2.05, 4.69) is 18.9 Å². The molecule has 1 aromatic rings. The topological polar surface area (TPSA) is 53.0 Å². The molecule has 0 saturated carbocycles. The van der Waals surface area contributed by atoms with Crippen LogP contribution in [-0.2, 0) is 9.59 Å². The molecule has 24 heavy (non-hydrogen) atoms. The zero-order valence-corrected chi connectivity index (χ0v) is 14.7. The fourth-order valence-electron chi connectivity index (χ4n) is 3.64. The summed E-state index contributed by atoms with van der Waals surface area (Å²) in [5.74, 6) is -0.0725. The van der Waals surface area contributed by atoms with Gasteiger partial charge in [-0.3, -0.25) is 9.59 Å². The Hall–Kier alpha value is -2.17. The molecule has 0 N–H and O–H groups in total. The number of aryl methyl sites for hydroxylation is 1. The molecular formula is C19H25N3O2. The fraction of sp³-hybridized carbons (Fsp3) is 0.526. The number of hydrogen-bond donors (Lipinski definition) is 0. The Kier molecular flexibility index (Phi) is 4.69. The van der Waals surface area contributed by atoms with Crippen molar-refractivity contribution in [2.45, 2.75) is 65.0 Å². The first-order valence-electron chi connectivity index (χ1n) is 8.77. The van der Waals surface area contributed by atoms with Gasteiger partial charge in [0.25, 0.3) is 5.91 Å². The van der Waals surface area contributed by atoms with Gasteiger partial charge in [-0.15, -0.1) is 0 Å². The summed E-state index contributed by atoms with van der Waals surface area (Å²) in [7, 11) is 0. The van der Waals surface area contributed by atoms with Crippen LogP contribution >= 0.6 is 0 Å². The highest BCUT2D eigenvalue weighted by atomic mass is 16.2. The van der Waals surface area contributed by atoms with E-state index in [0.717, 1.165) is 30.5 Å². The van der Waals surface area contributed by atoms with Gasteiger partial charge in [0.2, 0.25) is 5.91 Å². The van der Waals surface area contributed by atoms with Gasteiger partial charge in [-0.25, -0.2) is 5.01 Å². The number of amides is 2. The van der Waals surface area contributed by atoms with Crippen LogP contribution in [0.4, 0.5) is 5.69 Å². The maximum atomic E-state index is 13.0. The second kappa shape index (κ2) is 6.75. The summed E-state index contributed by atoms with van der Waals surface area (Å²) in [6.45, 7) is 6.17. The number of hydrazone groups is 1. The lowest BCUT2D eigenvalue weighted by Gasteiger charge is -2.39. The molecule has 2 aliphatic heterocycles. The van der Waals surface area contributed by atoms with Crippen molar-refractivity contribution in [2.24, 2.45) is 5.10 Å². The Morgan fingerprint density at radius 3 is 2.54 bits per heavy atom. The van der Waals surface area contributed by atoms with Crippen molar-refractivity contribution in [1.82, 2.24) is 4.90 Å². The van der Waals surface area contributed by atoms with Crippen LogP contribution in [0.25, 0.3) is 0 Å². The smallest absolute Gasteiger partial charge is 0.270 e. The van der Waals surface area contributed by atoms with Gasteiger partial charge in [-0.2, -0.15) is 5.10 Å². The maximum Gasteiger partial charge on any atom is 0.270 e. The van der Waals surface area contributed by atoms with Crippen molar-refractivity contribution in [3.05, 3.63) is 29.8 Å². The number of carbonyl (C=O) groups excluding carboxylic acids is 2.